The Kier molecular flexibility index (Phi) is 16.0. The second-order valence-electron chi connectivity index (χ2n) is 15.2. The second kappa shape index (κ2) is 19.4. The van der Waals surface area contributed by atoms with Gasteiger partial charge in [-0.15, -0.1) is 0 Å². The van der Waals surface area contributed by atoms with Crippen LogP contribution >= 0.6 is 11.6 Å². The van der Waals surface area contributed by atoms with Crippen LogP contribution < -0.4 is 16.4 Å². The van der Waals surface area contributed by atoms with Crippen LogP contribution in [0.5, 0.6) is 0 Å². The molecule has 0 fully saturated rings. The third-order valence-corrected chi connectivity index (χ3v) is 8.96. The monoisotopic (exact) mass is 709 g/mol. The number of Topliss-reactive ketones (excluding diaryl/α,β-unsaturated/α-hetero) is 1. The van der Waals surface area contributed by atoms with E-state index >= 15 is 0 Å². The molecule has 0 aliphatic heterocycles. The van der Waals surface area contributed by atoms with Crippen LogP contribution in [0.2, 0.25) is 5.02 Å². The van der Waals surface area contributed by atoms with Crippen LogP contribution in [0.4, 0.5) is 4.79 Å². The number of carbonyl (C=O) groups excluding carboxylic acids is 3. The van der Waals surface area contributed by atoms with Crippen molar-refractivity contribution in [1.82, 2.24) is 10.6 Å². The Balaban J connectivity index is 2.08. The van der Waals surface area contributed by atoms with Crippen molar-refractivity contribution in [3.05, 3.63) is 58.1 Å². The highest BCUT2D eigenvalue weighted by Gasteiger charge is 2.32. The number of amides is 1. The van der Waals surface area contributed by atoms with E-state index in [0.29, 0.717) is 42.8 Å². The molecule has 50 heavy (non-hydrogen) atoms. The lowest BCUT2D eigenvalue weighted by molar-refractivity contribution is 0.00699. The molecule has 8 nitrogen and oxygen atoms in total. The number of rotatable bonds is 19. The van der Waals surface area contributed by atoms with E-state index in [-0.39, 0.29) is 11.1 Å². The number of nitrogens with one attached hydrogen (secondary N) is 2. The molecule has 0 radical (unpaired) electrons. The molecule has 0 saturated carbocycles. The minimum atomic E-state index is -0.956. The molecule has 3 rings (SSSR count). The first-order valence-corrected chi connectivity index (χ1v) is 18.9. The molecule has 276 valence electrons. The smallest absolute Gasteiger partial charge is 0.408 e. The van der Waals surface area contributed by atoms with Crippen molar-refractivity contribution in [2.45, 2.75) is 143 Å². The summed E-state index contributed by atoms with van der Waals surface area (Å²) < 4.78 is 11.4. The Bertz CT molecular complexity index is 1590. The molecule has 0 aliphatic rings. The van der Waals surface area contributed by atoms with Crippen LogP contribution in [-0.2, 0) is 16.0 Å². The fourth-order valence-corrected chi connectivity index (χ4v) is 6.59. The molecular weight excluding hydrogens is 650 g/mol. The van der Waals surface area contributed by atoms with Gasteiger partial charge in [-0.25, -0.2) is 9.59 Å². The van der Waals surface area contributed by atoms with Crippen LogP contribution in [0.1, 0.15) is 145 Å². The van der Waals surface area contributed by atoms with Crippen molar-refractivity contribution in [3.8, 4) is 0 Å². The summed E-state index contributed by atoms with van der Waals surface area (Å²) in [6, 6.07) is 10.5. The molecule has 0 unspecified atom stereocenters. The van der Waals surface area contributed by atoms with Gasteiger partial charge in [-0.2, -0.15) is 0 Å². The predicted molar refractivity (Wildman–Crippen MR) is 206 cm³/mol. The highest BCUT2D eigenvalue weighted by molar-refractivity contribution is 6.42. The summed E-state index contributed by atoms with van der Waals surface area (Å²) in [5, 5.41) is 9.77. The summed E-state index contributed by atoms with van der Waals surface area (Å²) in [7, 11) is 0. The minimum Gasteiger partial charge on any atom is -0.456 e. The van der Waals surface area contributed by atoms with Crippen LogP contribution in [0.25, 0.3) is 21.5 Å². The van der Waals surface area contributed by atoms with Gasteiger partial charge in [-0.3, -0.25) is 4.79 Å². The summed E-state index contributed by atoms with van der Waals surface area (Å²) >= 11 is 7.20. The first-order chi connectivity index (χ1) is 23.7. The van der Waals surface area contributed by atoms with Gasteiger partial charge in [0.15, 0.2) is 5.78 Å². The Morgan fingerprint density at radius 1 is 0.780 bits per heavy atom. The zero-order valence-electron chi connectivity index (χ0n) is 31.4. The van der Waals surface area contributed by atoms with E-state index < -0.39 is 35.1 Å². The number of benzene rings is 3. The summed E-state index contributed by atoms with van der Waals surface area (Å²) in [6.45, 7) is 14.8. The summed E-state index contributed by atoms with van der Waals surface area (Å²) in [5.41, 5.74) is 5.39. The first kappa shape index (κ1) is 41.2. The Morgan fingerprint density at radius 2 is 1.40 bits per heavy atom. The number of carbonyl (C=O) groups is 3. The number of nitrogens with two attached hydrogens (primary N) is 1. The lowest BCUT2D eigenvalue weighted by atomic mass is 9.88. The van der Waals surface area contributed by atoms with Crippen LogP contribution in [0.3, 0.4) is 0 Å². The standard InChI is InChI=1S/C41H60ClN3O5/c1-8-9-10-11-12-13-14-19-26-44-27-32-28-20-15-16-21-30(28)36(42)34-29(32)23-24-31(35(34)38(47)49-40(2,3)4)37(46)33(22-17-18-25-43)45-39(48)50-41(5,6)7/h15-16,20-21,23-24,33,44H,8-14,17-19,22,25-27,43H2,1-7H3,(H,45,48)/t33-/m0/s1. The summed E-state index contributed by atoms with van der Waals surface area (Å²) in [6.07, 6.45) is 10.9. The molecule has 0 spiro atoms. The number of ketones is 1. The van der Waals surface area contributed by atoms with Gasteiger partial charge in [-0.05, 0) is 103 Å². The van der Waals surface area contributed by atoms with Crippen LogP contribution in [0, 0.1) is 0 Å². The van der Waals surface area contributed by atoms with E-state index in [1.54, 1.807) is 47.6 Å². The van der Waals surface area contributed by atoms with E-state index in [1.165, 1.54) is 44.9 Å². The van der Waals surface area contributed by atoms with Crippen LogP contribution in [0.15, 0.2) is 36.4 Å². The summed E-state index contributed by atoms with van der Waals surface area (Å²) in [4.78, 5) is 41.5. The van der Waals surface area contributed by atoms with Crippen LogP contribution in [-0.4, -0.2) is 48.2 Å². The van der Waals surface area contributed by atoms with E-state index in [2.05, 4.69) is 17.6 Å². The average Bonchev–Trinajstić information content (AvgIpc) is 3.04. The van der Waals surface area contributed by atoms with Gasteiger partial charge < -0.3 is 25.8 Å². The molecule has 1 atom stereocenters. The van der Waals surface area contributed by atoms with E-state index in [0.717, 1.165) is 34.7 Å². The fourth-order valence-electron chi connectivity index (χ4n) is 6.23. The number of hydrogen-bond donors (Lipinski definition) is 3. The summed E-state index contributed by atoms with van der Waals surface area (Å²) in [5.74, 6) is -1.08. The van der Waals surface area contributed by atoms with Gasteiger partial charge in [0.05, 0.1) is 16.6 Å². The number of esters is 1. The molecular formula is C41H60ClN3O5. The normalized spacial score (nSPS) is 12.7. The highest BCUT2D eigenvalue weighted by atomic mass is 35.5. The van der Waals surface area contributed by atoms with Gasteiger partial charge >= 0.3 is 12.1 Å². The number of unbranched alkanes of at least 4 members (excludes halogenated alkanes) is 8. The topological polar surface area (TPSA) is 120 Å². The van der Waals surface area contributed by atoms with Crippen molar-refractivity contribution in [2.24, 2.45) is 5.73 Å². The molecule has 0 aromatic heterocycles. The number of ether oxygens (including phenoxy) is 2. The van der Waals surface area contributed by atoms with Crippen molar-refractivity contribution in [2.75, 3.05) is 13.1 Å². The number of alkyl carbamates (subject to hydrolysis) is 1. The molecule has 3 aromatic carbocycles. The van der Waals surface area contributed by atoms with Gasteiger partial charge in [0.25, 0.3) is 0 Å². The molecule has 9 heteroatoms. The first-order valence-electron chi connectivity index (χ1n) is 18.5. The molecule has 0 saturated heterocycles. The van der Waals surface area contributed by atoms with Gasteiger partial charge in [0.1, 0.15) is 11.2 Å². The number of halogens is 1. The minimum absolute atomic E-state index is 0.0947. The second-order valence-corrected chi connectivity index (χ2v) is 15.6. The van der Waals surface area contributed by atoms with Gasteiger partial charge in [0, 0.05) is 22.9 Å². The molecule has 3 aromatic rings. The zero-order valence-corrected chi connectivity index (χ0v) is 32.2. The van der Waals surface area contributed by atoms with Crippen molar-refractivity contribution in [3.63, 3.8) is 0 Å². The molecule has 4 N–H and O–H groups in total. The highest BCUT2D eigenvalue weighted by Crippen LogP contribution is 2.40. The van der Waals surface area contributed by atoms with Crippen molar-refractivity contribution >= 4 is 51.0 Å². The quantitative estimate of drug-likeness (QED) is 0.0490. The van der Waals surface area contributed by atoms with Crippen molar-refractivity contribution in [1.29, 1.82) is 0 Å². The maximum Gasteiger partial charge on any atom is 0.408 e. The van der Waals surface area contributed by atoms with Gasteiger partial charge in [-0.1, -0.05) is 93.8 Å². The largest absolute Gasteiger partial charge is 0.456 e. The Hall–Kier alpha value is -3.20. The third-order valence-electron chi connectivity index (χ3n) is 8.57. The van der Waals surface area contributed by atoms with Gasteiger partial charge in [0.2, 0.25) is 0 Å². The third kappa shape index (κ3) is 12.2. The lowest BCUT2D eigenvalue weighted by Gasteiger charge is -2.25. The SMILES string of the molecule is CCCCCCCCCCNCc1c2ccccc2c(Cl)c2c(C(=O)OC(C)(C)C)c(C(=O)[C@H](CCCCN)NC(=O)OC(C)(C)C)ccc12. The molecule has 0 bridgehead atoms. The zero-order chi connectivity index (χ0) is 36.9. The maximum absolute atomic E-state index is 14.4. The molecule has 0 aliphatic carbocycles. The molecule has 0 heterocycles. The fraction of sp³-hybridized carbons (Fsp3) is 0.585. The van der Waals surface area contributed by atoms with Crippen molar-refractivity contribution < 1.29 is 23.9 Å². The predicted octanol–water partition coefficient (Wildman–Crippen LogP) is 10.0. The Labute approximate surface area is 304 Å². The van der Waals surface area contributed by atoms with E-state index in [9.17, 15) is 14.4 Å². The van der Waals surface area contributed by atoms with E-state index in [1.807, 2.05) is 30.3 Å². The average molecular weight is 710 g/mol. The molecule has 1 amide bonds. The Morgan fingerprint density at radius 3 is 2.02 bits per heavy atom. The lowest BCUT2D eigenvalue weighted by Crippen LogP contribution is -2.44. The maximum atomic E-state index is 14.4. The van der Waals surface area contributed by atoms with E-state index in [4.69, 9.17) is 26.8 Å². The number of hydrogen-bond acceptors (Lipinski definition) is 7. The number of fused-ring (bicyclic) bond motifs is 2.